The molecule has 0 bridgehead atoms. The van der Waals surface area contributed by atoms with Crippen molar-refractivity contribution in [2.45, 2.75) is 25.5 Å². The molecule has 2 N–H and O–H groups in total. The monoisotopic (exact) mass is 565 g/mol. The van der Waals surface area contributed by atoms with Crippen LogP contribution in [0.25, 0.3) is 0 Å². The third-order valence-electron chi connectivity index (χ3n) is 5.50. The minimum Gasteiger partial charge on any atom is -0.381 e. The molecule has 0 radical (unpaired) electrons. The van der Waals surface area contributed by atoms with Crippen molar-refractivity contribution >= 4 is 47.2 Å². The van der Waals surface area contributed by atoms with Crippen LogP contribution in [0.5, 0.6) is 0 Å². The van der Waals surface area contributed by atoms with Crippen LogP contribution < -0.4 is 10.6 Å². The lowest BCUT2D eigenvalue weighted by molar-refractivity contribution is -0.127. The van der Waals surface area contributed by atoms with Gasteiger partial charge in [0.15, 0.2) is 5.96 Å². The number of hydrogen-bond donors (Lipinski definition) is 2. The molecule has 1 aromatic rings. The molecule has 3 rings (SSSR count). The summed E-state index contributed by atoms with van der Waals surface area (Å²) >= 11 is 1.77. The van der Waals surface area contributed by atoms with Crippen molar-refractivity contribution in [2.75, 3.05) is 66.6 Å². The highest BCUT2D eigenvalue weighted by molar-refractivity contribution is 14.0. The molecule has 2 aliphatic rings. The molecule has 2 saturated heterocycles. The van der Waals surface area contributed by atoms with Crippen molar-refractivity contribution < 1.29 is 14.3 Å². The number of hydrogen-bond acceptors (Lipinski definition) is 6. The van der Waals surface area contributed by atoms with E-state index in [2.05, 4.69) is 45.0 Å². The van der Waals surface area contributed by atoms with Gasteiger partial charge in [0.1, 0.15) is 6.54 Å². The average Bonchev–Trinajstić information content (AvgIpc) is 3.43. The molecule has 0 saturated carbocycles. The zero-order chi connectivity index (χ0) is 21.3. The van der Waals surface area contributed by atoms with Crippen LogP contribution in [0.15, 0.2) is 22.5 Å². The maximum Gasteiger partial charge on any atom is 0.243 e. The third kappa shape index (κ3) is 8.49. The Kier molecular flexibility index (Phi) is 11.5. The molecule has 0 aromatic carbocycles. The summed E-state index contributed by atoms with van der Waals surface area (Å²) in [6.07, 6.45) is 1.29. The Morgan fingerprint density at radius 1 is 1.39 bits per heavy atom. The quantitative estimate of drug-likeness (QED) is 0.285. The highest BCUT2D eigenvalue weighted by atomic mass is 127. The minimum absolute atomic E-state index is 0. The first-order valence-electron chi connectivity index (χ1n) is 10.7. The Morgan fingerprint density at radius 3 is 2.87 bits per heavy atom. The van der Waals surface area contributed by atoms with E-state index in [1.54, 1.807) is 30.3 Å². The summed E-state index contributed by atoms with van der Waals surface area (Å²) in [5, 5.41) is 9.03. The van der Waals surface area contributed by atoms with Gasteiger partial charge in [-0.2, -0.15) is 0 Å². The van der Waals surface area contributed by atoms with Crippen LogP contribution in [0, 0.1) is 5.92 Å². The van der Waals surface area contributed by atoms with Crippen LogP contribution in [0.1, 0.15) is 24.3 Å². The maximum absolute atomic E-state index is 12.0. The number of rotatable bonds is 8. The largest absolute Gasteiger partial charge is 0.381 e. The Bertz CT molecular complexity index is 683. The molecule has 3 atom stereocenters. The molecule has 0 spiro atoms. The fourth-order valence-electron chi connectivity index (χ4n) is 3.66. The van der Waals surface area contributed by atoms with Crippen molar-refractivity contribution in [3.05, 3.63) is 22.4 Å². The summed E-state index contributed by atoms with van der Waals surface area (Å²) < 4.78 is 11.2. The van der Waals surface area contributed by atoms with Gasteiger partial charge in [-0.3, -0.25) is 9.69 Å². The lowest BCUT2D eigenvalue weighted by Gasteiger charge is -2.37. The van der Waals surface area contributed by atoms with Gasteiger partial charge in [-0.25, -0.2) is 4.99 Å². The Balaban J connectivity index is 0.00000341. The first-order valence-corrected chi connectivity index (χ1v) is 11.6. The summed E-state index contributed by atoms with van der Waals surface area (Å²) in [6, 6.07) is 4.52. The van der Waals surface area contributed by atoms with E-state index in [1.807, 2.05) is 0 Å². The molecule has 2 aliphatic heterocycles. The lowest BCUT2D eigenvalue weighted by Crippen LogP contribution is -2.48. The number of carbonyl (C=O) groups excluding carboxylic acids is 1. The summed E-state index contributed by atoms with van der Waals surface area (Å²) in [5.74, 6) is 1.15. The molecule has 2 fully saturated rings. The van der Waals surface area contributed by atoms with Crippen molar-refractivity contribution in [3.63, 3.8) is 0 Å². The van der Waals surface area contributed by atoms with Crippen molar-refractivity contribution in [1.82, 2.24) is 20.4 Å². The number of nitrogens with one attached hydrogen (secondary N) is 2. The number of amides is 1. The molecule has 3 heterocycles. The Hall–Kier alpha value is -0.950. The van der Waals surface area contributed by atoms with E-state index in [0.717, 1.165) is 52.4 Å². The van der Waals surface area contributed by atoms with E-state index in [0.29, 0.717) is 11.9 Å². The van der Waals surface area contributed by atoms with E-state index in [4.69, 9.17) is 9.47 Å². The number of halogens is 1. The maximum atomic E-state index is 12.0. The molecule has 0 aliphatic carbocycles. The topological polar surface area (TPSA) is 78.4 Å². The smallest absolute Gasteiger partial charge is 0.243 e. The number of aliphatic imine (C=N–C) groups is 1. The number of morpholine rings is 1. The van der Waals surface area contributed by atoms with Gasteiger partial charge in [0.2, 0.25) is 5.91 Å². The predicted molar refractivity (Wildman–Crippen MR) is 135 cm³/mol. The van der Waals surface area contributed by atoms with E-state index in [9.17, 15) is 4.79 Å². The predicted octanol–water partition coefficient (Wildman–Crippen LogP) is 1.79. The molecular formula is C21H36IN5O3S. The van der Waals surface area contributed by atoms with Crippen LogP contribution >= 0.6 is 35.3 Å². The van der Waals surface area contributed by atoms with Gasteiger partial charge in [0.25, 0.3) is 0 Å². The van der Waals surface area contributed by atoms with Gasteiger partial charge in [-0.15, -0.1) is 35.3 Å². The van der Waals surface area contributed by atoms with E-state index in [-0.39, 0.29) is 48.6 Å². The number of nitrogens with zero attached hydrogens (tertiary/aromatic N) is 3. The van der Waals surface area contributed by atoms with Crippen LogP contribution in [-0.4, -0.2) is 94.4 Å². The van der Waals surface area contributed by atoms with Crippen molar-refractivity contribution in [2.24, 2.45) is 10.9 Å². The molecule has 8 nitrogen and oxygen atoms in total. The van der Waals surface area contributed by atoms with E-state index in [1.165, 1.54) is 4.88 Å². The molecule has 1 aromatic heterocycles. The number of thiophene rings is 1. The second kappa shape index (κ2) is 13.6. The lowest BCUT2D eigenvalue weighted by atomic mass is 10.1. The molecule has 31 heavy (non-hydrogen) atoms. The first-order chi connectivity index (χ1) is 14.5. The number of carbonyl (C=O) groups is 1. The number of guanidine groups is 1. The second-order valence-corrected chi connectivity index (χ2v) is 9.13. The molecule has 10 heteroatoms. The molecule has 176 valence electrons. The van der Waals surface area contributed by atoms with E-state index < -0.39 is 0 Å². The summed E-state index contributed by atoms with van der Waals surface area (Å²) in [7, 11) is 3.50. The number of likely N-dealkylation sites (N-methyl/N-ethyl adjacent to an activating group) is 1. The van der Waals surface area contributed by atoms with Crippen LogP contribution in [0.2, 0.25) is 0 Å². The first kappa shape index (κ1) is 26.3. The van der Waals surface area contributed by atoms with Gasteiger partial charge in [-0.05, 0) is 24.8 Å². The van der Waals surface area contributed by atoms with Crippen LogP contribution in [-0.2, 0) is 14.3 Å². The fourth-order valence-corrected chi connectivity index (χ4v) is 4.52. The highest BCUT2D eigenvalue weighted by Crippen LogP contribution is 2.26. The standard InChI is InChI=1S/C21H35N5O3S.HI/c1-16-14-26(7-9-29-16)18(19-5-4-10-30-19)12-23-21(24-13-20(27)25(2)3)22-11-17-6-8-28-15-17;/h4-5,10,16-18H,6-9,11-15H2,1-3H3,(H2,22,23,24);1H. The fraction of sp³-hybridized carbons (Fsp3) is 0.714. The summed E-state index contributed by atoms with van der Waals surface area (Å²) in [5.41, 5.74) is 0. The molecule has 1 amide bonds. The average molecular weight is 566 g/mol. The highest BCUT2D eigenvalue weighted by Gasteiger charge is 2.26. The van der Waals surface area contributed by atoms with Gasteiger partial charge in [-0.1, -0.05) is 6.07 Å². The Morgan fingerprint density at radius 2 is 2.23 bits per heavy atom. The second-order valence-electron chi connectivity index (χ2n) is 8.15. The van der Waals surface area contributed by atoms with Crippen LogP contribution in [0.3, 0.4) is 0 Å². The summed E-state index contributed by atoms with van der Waals surface area (Å²) in [6.45, 7) is 7.92. The number of ether oxygens (including phenoxy) is 2. The summed E-state index contributed by atoms with van der Waals surface area (Å²) in [4.78, 5) is 21.9. The molecule has 3 unspecified atom stereocenters. The van der Waals surface area contributed by atoms with Gasteiger partial charge < -0.3 is 25.0 Å². The van der Waals surface area contributed by atoms with Crippen molar-refractivity contribution in [1.29, 1.82) is 0 Å². The van der Waals surface area contributed by atoms with Crippen LogP contribution in [0.4, 0.5) is 0 Å². The van der Waals surface area contributed by atoms with Crippen molar-refractivity contribution in [3.8, 4) is 0 Å². The van der Waals surface area contributed by atoms with Gasteiger partial charge in [0.05, 0.1) is 25.4 Å². The zero-order valence-electron chi connectivity index (χ0n) is 18.7. The minimum atomic E-state index is -0.0166. The van der Waals surface area contributed by atoms with Gasteiger partial charge >= 0.3 is 0 Å². The van der Waals surface area contributed by atoms with Gasteiger partial charge in [0, 0.05) is 57.7 Å². The van der Waals surface area contributed by atoms with E-state index >= 15 is 0 Å². The molecular weight excluding hydrogens is 529 g/mol. The Labute approximate surface area is 206 Å². The SMILES string of the molecule is CC1CN(C(CNC(=NCC(=O)N(C)C)NCC2CCOC2)c2cccs2)CCO1.I. The third-order valence-corrected chi connectivity index (χ3v) is 6.47. The normalized spacial score (nSPS) is 23.1. The zero-order valence-corrected chi connectivity index (χ0v) is 21.9.